The maximum atomic E-state index is 13.9. The minimum atomic E-state index is -5.11. The Balaban J connectivity index is 1.52. The molecule has 0 spiro atoms. The predicted molar refractivity (Wildman–Crippen MR) is 152 cm³/mol. The minimum Gasteiger partial charge on any atom is -0.481 e. The van der Waals surface area contributed by atoms with Crippen LogP contribution in [-0.4, -0.2) is 48.9 Å². The molecule has 48 heavy (non-hydrogen) atoms. The van der Waals surface area contributed by atoms with Crippen LogP contribution in [0.1, 0.15) is 72.8 Å². The highest BCUT2D eigenvalue weighted by atomic mass is 19.4. The first-order valence-electron chi connectivity index (χ1n) is 15.2. The topological polar surface area (TPSA) is 100 Å². The van der Waals surface area contributed by atoms with E-state index < -0.39 is 59.8 Å². The Labute approximate surface area is 268 Å². The first-order valence-corrected chi connectivity index (χ1v) is 15.2. The molecule has 3 aromatic rings. The summed E-state index contributed by atoms with van der Waals surface area (Å²) in [5.41, 5.74) is -4.58. The molecule has 1 aliphatic carbocycles. The van der Waals surface area contributed by atoms with Crippen molar-refractivity contribution < 1.29 is 49.4 Å². The summed E-state index contributed by atoms with van der Waals surface area (Å²) in [4.78, 5) is 19.5. The van der Waals surface area contributed by atoms with Crippen LogP contribution < -0.4 is 9.80 Å². The maximum Gasteiger partial charge on any atom is 0.417 e. The van der Waals surface area contributed by atoms with E-state index >= 15 is 0 Å². The molecule has 2 fully saturated rings. The highest BCUT2D eigenvalue weighted by Crippen LogP contribution is 2.42. The molecule has 1 saturated carbocycles. The fourth-order valence-corrected chi connectivity index (χ4v) is 6.74. The van der Waals surface area contributed by atoms with E-state index in [0.717, 1.165) is 35.0 Å². The van der Waals surface area contributed by atoms with E-state index in [0.29, 0.717) is 44.1 Å². The number of carboxylic acids is 1. The van der Waals surface area contributed by atoms with Gasteiger partial charge < -0.3 is 14.9 Å². The van der Waals surface area contributed by atoms with E-state index in [4.69, 9.17) is 0 Å². The highest BCUT2D eigenvalue weighted by Gasteiger charge is 2.39. The summed E-state index contributed by atoms with van der Waals surface area (Å²) in [5.74, 6) is -0.747. The standard InChI is InChI=1S/C30H32F9N7O2/c1-44-42-27(41-43-44)45(15-18-9-21(28(31,32)33)13-22(10-18)29(34,35)36)16-20-12-23(30(37,38)39)14-40-26(20)46-8-2-3-24(46)19-6-4-17(5-7-19)11-25(47)48/h9-10,12-14,17,19,24H,2-8,11,15-16H2,1H3,(H,47,48)/t17?,19?,24-/m1/s1. The van der Waals surface area contributed by atoms with Gasteiger partial charge in [-0.25, -0.2) is 4.98 Å². The first-order chi connectivity index (χ1) is 22.4. The fraction of sp³-hybridized carbons (Fsp3) is 0.567. The first kappa shape index (κ1) is 35.2. The molecular formula is C30H32F9N7O2. The van der Waals surface area contributed by atoms with E-state index in [1.165, 1.54) is 7.05 Å². The number of rotatable bonds is 9. The average molecular weight is 694 g/mol. The molecule has 3 heterocycles. The molecule has 5 rings (SSSR count). The van der Waals surface area contributed by atoms with Crippen molar-refractivity contribution in [3.63, 3.8) is 0 Å². The zero-order valence-corrected chi connectivity index (χ0v) is 25.6. The number of halogens is 9. The highest BCUT2D eigenvalue weighted by molar-refractivity contribution is 5.67. The molecule has 1 N–H and O–H groups in total. The van der Waals surface area contributed by atoms with Crippen LogP contribution >= 0.6 is 0 Å². The third-order valence-electron chi connectivity index (χ3n) is 8.90. The lowest BCUT2D eigenvalue weighted by Crippen LogP contribution is -2.39. The minimum absolute atomic E-state index is 0.00804. The second-order valence-electron chi connectivity index (χ2n) is 12.3. The van der Waals surface area contributed by atoms with Crippen molar-refractivity contribution in [3.05, 3.63) is 58.3 Å². The lowest BCUT2D eigenvalue weighted by atomic mass is 9.76. The van der Waals surface area contributed by atoms with Gasteiger partial charge in [0.25, 0.3) is 5.95 Å². The summed E-state index contributed by atoms with van der Waals surface area (Å²) in [5, 5.41) is 20.8. The smallest absolute Gasteiger partial charge is 0.417 e. The van der Waals surface area contributed by atoms with Gasteiger partial charge in [0.2, 0.25) is 0 Å². The molecule has 1 aliphatic heterocycles. The number of hydrogen-bond acceptors (Lipinski definition) is 7. The third kappa shape index (κ3) is 8.29. The Morgan fingerprint density at radius 1 is 0.875 bits per heavy atom. The lowest BCUT2D eigenvalue weighted by molar-refractivity contribution is -0.143. The van der Waals surface area contributed by atoms with E-state index in [2.05, 4.69) is 20.4 Å². The number of aromatic nitrogens is 5. The van der Waals surface area contributed by atoms with Crippen molar-refractivity contribution in [2.24, 2.45) is 18.9 Å². The molecule has 2 aliphatic rings. The largest absolute Gasteiger partial charge is 0.481 e. The van der Waals surface area contributed by atoms with Gasteiger partial charge in [0.05, 0.1) is 23.7 Å². The summed E-state index contributed by atoms with van der Waals surface area (Å²) < 4.78 is 124. The monoisotopic (exact) mass is 693 g/mol. The van der Waals surface area contributed by atoms with Gasteiger partial charge in [0.1, 0.15) is 5.82 Å². The number of aliphatic carboxylic acids is 1. The van der Waals surface area contributed by atoms with Crippen LogP contribution in [0.4, 0.5) is 51.3 Å². The van der Waals surface area contributed by atoms with Crippen molar-refractivity contribution >= 4 is 17.7 Å². The van der Waals surface area contributed by atoms with Gasteiger partial charge in [-0.2, -0.15) is 44.3 Å². The lowest BCUT2D eigenvalue weighted by Gasteiger charge is -2.38. The molecule has 262 valence electrons. The van der Waals surface area contributed by atoms with Crippen LogP contribution in [0.3, 0.4) is 0 Å². The van der Waals surface area contributed by atoms with Gasteiger partial charge in [-0.1, -0.05) is 5.10 Å². The van der Waals surface area contributed by atoms with Crippen LogP contribution in [0.25, 0.3) is 0 Å². The Hall–Kier alpha value is -4.12. The molecule has 1 aromatic carbocycles. The van der Waals surface area contributed by atoms with Crippen molar-refractivity contribution in [2.45, 2.75) is 82.6 Å². The molecular weight excluding hydrogens is 661 g/mol. The van der Waals surface area contributed by atoms with Crippen LogP contribution in [-0.2, 0) is 43.5 Å². The van der Waals surface area contributed by atoms with Crippen LogP contribution in [0.5, 0.6) is 0 Å². The summed E-state index contributed by atoms with van der Waals surface area (Å²) in [6, 6.07) is 1.84. The molecule has 1 atom stereocenters. The van der Waals surface area contributed by atoms with Gasteiger partial charge in [-0.05, 0) is 85.4 Å². The normalized spacial score (nSPS) is 20.7. The Bertz CT molecular complexity index is 1570. The van der Waals surface area contributed by atoms with Crippen molar-refractivity contribution in [1.29, 1.82) is 0 Å². The third-order valence-corrected chi connectivity index (χ3v) is 8.90. The van der Waals surface area contributed by atoms with Crippen molar-refractivity contribution in [1.82, 2.24) is 25.2 Å². The van der Waals surface area contributed by atoms with Gasteiger partial charge in [0, 0.05) is 43.9 Å². The van der Waals surface area contributed by atoms with Crippen molar-refractivity contribution in [2.75, 3.05) is 16.3 Å². The number of carboxylic acid groups (broad SMARTS) is 1. The molecule has 2 aromatic heterocycles. The zero-order chi connectivity index (χ0) is 35.0. The second kappa shape index (κ2) is 13.4. The van der Waals surface area contributed by atoms with Gasteiger partial charge in [-0.15, -0.1) is 5.10 Å². The summed E-state index contributed by atoms with van der Waals surface area (Å²) in [7, 11) is 1.37. The Kier molecular flexibility index (Phi) is 9.83. The summed E-state index contributed by atoms with van der Waals surface area (Å²) >= 11 is 0. The SMILES string of the molecule is Cn1nnc(N(Cc2cc(C(F)(F)F)cc(C(F)(F)F)c2)Cc2cc(C(F)(F)F)cnc2N2CCC[C@@H]2C2CCC(CC(=O)O)CC2)n1. The number of tetrazole rings is 1. The maximum absolute atomic E-state index is 13.9. The Morgan fingerprint density at radius 2 is 1.50 bits per heavy atom. The number of aryl methyl sites for hydroxylation is 1. The number of pyridine rings is 1. The number of benzene rings is 1. The van der Waals surface area contributed by atoms with Crippen LogP contribution in [0.2, 0.25) is 0 Å². The van der Waals surface area contributed by atoms with E-state index in [1.54, 1.807) is 0 Å². The molecule has 1 saturated heterocycles. The van der Waals surface area contributed by atoms with E-state index in [1.807, 2.05) is 4.90 Å². The van der Waals surface area contributed by atoms with Gasteiger partial charge in [-0.3, -0.25) is 4.79 Å². The molecule has 0 radical (unpaired) electrons. The van der Waals surface area contributed by atoms with Crippen LogP contribution in [0.15, 0.2) is 30.5 Å². The average Bonchev–Trinajstić information content (AvgIpc) is 3.65. The molecule has 0 unspecified atom stereocenters. The fourth-order valence-electron chi connectivity index (χ4n) is 6.74. The number of hydrogen-bond donors (Lipinski definition) is 1. The molecule has 0 amide bonds. The number of carbonyl (C=O) groups is 1. The van der Waals surface area contributed by atoms with Crippen molar-refractivity contribution in [3.8, 4) is 0 Å². The number of alkyl halides is 9. The molecule has 0 bridgehead atoms. The molecule has 9 nitrogen and oxygen atoms in total. The molecule has 18 heteroatoms. The quantitative estimate of drug-likeness (QED) is 0.237. The summed E-state index contributed by atoms with van der Waals surface area (Å²) in [6.07, 6.45) is -10.00. The van der Waals surface area contributed by atoms with Gasteiger partial charge >= 0.3 is 24.5 Å². The number of anilines is 2. The Morgan fingerprint density at radius 3 is 2.04 bits per heavy atom. The summed E-state index contributed by atoms with van der Waals surface area (Å²) in [6.45, 7) is -0.632. The number of nitrogens with zero attached hydrogens (tertiary/aromatic N) is 7. The zero-order valence-electron chi connectivity index (χ0n) is 25.6. The van der Waals surface area contributed by atoms with Crippen LogP contribution in [0, 0.1) is 11.8 Å². The predicted octanol–water partition coefficient (Wildman–Crippen LogP) is 7.12. The van der Waals surface area contributed by atoms with Gasteiger partial charge in [0.15, 0.2) is 0 Å². The van der Waals surface area contributed by atoms with E-state index in [-0.39, 0.29) is 47.7 Å². The van der Waals surface area contributed by atoms with E-state index in [9.17, 15) is 49.4 Å². The second-order valence-corrected chi connectivity index (χ2v) is 12.3.